The van der Waals surface area contributed by atoms with Gasteiger partial charge in [-0.3, -0.25) is 9.71 Å². The average molecular weight is 382 g/mol. The quantitative estimate of drug-likeness (QED) is 0.721. The first kappa shape index (κ1) is 17.1. The molecule has 2 aromatic heterocycles. The SMILES string of the molecule is CC(C)c1csc(-c2cccc3ncc(NS(C)(=O)=O)c(Cl)c23)n1. The Labute approximate surface area is 149 Å². The highest BCUT2D eigenvalue weighted by molar-refractivity contribution is 7.92. The fourth-order valence-corrected chi connectivity index (χ4v) is 4.25. The number of thiazole rings is 1. The van der Waals surface area contributed by atoms with E-state index in [-0.39, 0.29) is 5.69 Å². The van der Waals surface area contributed by atoms with Crippen LogP contribution in [0.1, 0.15) is 25.5 Å². The number of sulfonamides is 1. The summed E-state index contributed by atoms with van der Waals surface area (Å²) in [5.74, 6) is 0.334. The lowest BCUT2D eigenvalue weighted by Gasteiger charge is -2.11. The fraction of sp³-hybridized carbons (Fsp3) is 0.250. The summed E-state index contributed by atoms with van der Waals surface area (Å²) in [6.45, 7) is 4.18. The predicted octanol–water partition coefficient (Wildman–Crippen LogP) is 4.51. The average Bonchev–Trinajstić information content (AvgIpc) is 2.98. The summed E-state index contributed by atoms with van der Waals surface area (Å²) in [5.41, 5.74) is 2.82. The molecule has 1 aromatic carbocycles. The van der Waals surface area contributed by atoms with Crippen LogP contribution in [0.15, 0.2) is 29.8 Å². The van der Waals surface area contributed by atoms with E-state index in [1.54, 1.807) is 0 Å². The Morgan fingerprint density at radius 3 is 2.67 bits per heavy atom. The molecule has 3 aromatic rings. The van der Waals surface area contributed by atoms with Crippen molar-refractivity contribution in [2.24, 2.45) is 0 Å². The zero-order valence-corrected chi connectivity index (χ0v) is 15.8. The molecule has 0 saturated heterocycles. The molecule has 0 amide bonds. The molecular weight excluding hydrogens is 366 g/mol. The number of halogens is 1. The molecule has 5 nitrogen and oxygen atoms in total. The molecule has 8 heteroatoms. The van der Waals surface area contributed by atoms with Gasteiger partial charge in [-0.25, -0.2) is 13.4 Å². The summed E-state index contributed by atoms with van der Waals surface area (Å²) in [6, 6.07) is 5.65. The normalized spacial score (nSPS) is 12.0. The highest BCUT2D eigenvalue weighted by atomic mass is 35.5. The molecule has 0 bridgehead atoms. The fourth-order valence-electron chi connectivity index (χ4n) is 2.33. The minimum absolute atomic E-state index is 0.264. The second kappa shape index (κ2) is 6.31. The number of pyridine rings is 1. The molecule has 0 atom stereocenters. The van der Waals surface area contributed by atoms with Gasteiger partial charge in [-0.2, -0.15) is 0 Å². The number of fused-ring (bicyclic) bond motifs is 1. The third-order valence-corrected chi connectivity index (χ3v) is 5.35. The minimum atomic E-state index is -3.44. The van der Waals surface area contributed by atoms with Crippen LogP contribution in [0.4, 0.5) is 5.69 Å². The van der Waals surface area contributed by atoms with E-state index < -0.39 is 10.0 Å². The van der Waals surface area contributed by atoms with Gasteiger partial charge in [-0.05, 0) is 12.0 Å². The van der Waals surface area contributed by atoms with Gasteiger partial charge in [-0.15, -0.1) is 11.3 Å². The van der Waals surface area contributed by atoms with Crippen LogP contribution in [-0.2, 0) is 10.0 Å². The van der Waals surface area contributed by atoms with Gasteiger partial charge in [0.25, 0.3) is 0 Å². The van der Waals surface area contributed by atoms with Crippen molar-refractivity contribution in [1.82, 2.24) is 9.97 Å². The standard InChI is InChI=1S/C16H16ClN3O2S2/c1-9(2)13-8-23-16(19-13)10-5-4-6-11-14(10)15(17)12(7-18-11)20-24(3,21)22/h4-9,20H,1-3H3. The first-order valence-electron chi connectivity index (χ1n) is 7.27. The van der Waals surface area contributed by atoms with Crippen LogP contribution in [0.5, 0.6) is 0 Å². The molecule has 126 valence electrons. The Bertz CT molecular complexity index is 1010. The lowest BCUT2D eigenvalue weighted by atomic mass is 10.1. The van der Waals surface area contributed by atoms with Crippen molar-refractivity contribution < 1.29 is 8.42 Å². The van der Waals surface area contributed by atoms with Crippen LogP contribution in [-0.4, -0.2) is 24.6 Å². The van der Waals surface area contributed by atoms with E-state index in [1.165, 1.54) is 17.5 Å². The highest BCUT2D eigenvalue weighted by Gasteiger charge is 2.16. The molecule has 0 fully saturated rings. The highest BCUT2D eigenvalue weighted by Crippen LogP contribution is 2.38. The topological polar surface area (TPSA) is 72.0 Å². The van der Waals surface area contributed by atoms with Crippen LogP contribution < -0.4 is 4.72 Å². The van der Waals surface area contributed by atoms with Gasteiger partial charge >= 0.3 is 0 Å². The lowest BCUT2D eigenvalue weighted by molar-refractivity contribution is 0.607. The van der Waals surface area contributed by atoms with E-state index in [9.17, 15) is 8.42 Å². The minimum Gasteiger partial charge on any atom is -0.281 e. The van der Waals surface area contributed by atoms with Crippen LogP contribution in [0.3, 0.4) is 0 Å². The van der Waals surface area contributed by atoms with Crippen LogP contribution in [0.25, 0.3) is 21.5 Å². The first-order valence-corrected chi connectivity index (χ1v) is 10.4. The van der Waals surface area contributed by atoms with E-state index >= 15 is 0 Å². The van der Waals surface area contributed by atoms with Crippen molar-refractivity contribution in [2.45, 2.75) is 19.8 Å². The number of hydrogen-bond donors (Lipinski definition) is 1. The molecule has 0 aliphatic heterocycles. The molecule has 3 rings (SSSR count). The Balaban J connectivity index is 2.22. The van der Waals surface area contributed by atoms with Gasteiger partial charge in [0, 0.05) is 16.3 Å². The number of nitrogens with one attached hydrogen (secondary N) is 1. The molecule has 0 unspecified atom stereocenters. The third-order valence-electron chi connectivity index (χ3n) is 3.47. The van der Waals surface area contributed by atoms with Gasteiger partial charge in [-0.1, -0.05) is 37.6 Å². The van der Waals surface area contributed by atoms with Crippen molar-refractivity contribution in [3.63, 3.8) is 0 Å². The van der Waals surface area contributed by atoms with Crippen molar-refractivity contribution in [2.75, 3.05) is 11.0 Å². The number of aromatic nitrogens is 2. The number of nitrogens with zero attached hydrogens (tertiary/aromatic N) is 2. The molecular formula is C16H16ClN3O2S2. The molecule has 2 heterocycles. The predicted molar refractivity (Wildman–Crippen MR) is 100 cm³/mol. The number of anilines is 1. The molecule has 0 saturated carbocycles. The van der Waals surface area contributed by atoms with Gasteiger partial charge in [0.05, 0.1) is 34.4 Å². The van der Waals surface area contributed by atoms with Crippen molar-refractivity contribution >= 4 is 49.6 Å². The third kappa shape index (κ3) is 3.38. The van der Waals surface area contributed by atoms with Gasteiger partial charge in [0.15, 0.2) is 0 Å². The first-order chi connectivity index (χ1) is 11.3. The second-order valence-corrected chi connectivity index (χ2v) is 8.78. The maximum atomic E-state index is 11.5. The summed E-state index contributed by atoms with van der Waals surface area (Å²) < 4.78 is 25.4. The lowest BCUT2D eigenvalue weighted by Crippen LogP contribution is -2.10. The van der Waals surface area contributed by atoms with E-state index in [0.29, 0.717) is 21.8 Å². The van der Waals surface area contributed by atoms with Crippen molar-refractivity contribution in [1.29, 1.82) is 0 Å². The maximum absolute atomic E-state index is 11.5. The van der Waals surface area contributed by atoms with Crippen molar-refractivity contribution in [3.05, 3.63) is 40.5 Å². The van der Waals surface area contributed by atoms with Gasteiger partial charge in [0.2, 0.25) is 10.0 Å². The molecule has 0 aliphatic rings. The summed E-state index contributed by atoms with van der Waals surface area (Å²) in [4.78, 5) is 8.99. The Hall–Kier alpha value is -1.70. The Kier molecular flexibility index (Phi) is 4.50. The van der Waals surface area contributed by atoms with E-state index in [0.717, 1.165) is 22.5 Å². The molecule has 0 spiro atoms. The molecule has 24 heavy (non-hydrogen) atoms. The number of benzene rings is 1. The van der Waals surface area contributed by atoms with E-state index in [1.807, 2.05) is 23.6 Å². The largest absolute Gasteiger partial charge is 0.281 e. The number of hydrogen-bond acceptors (Lipinski definition) is 5. The van der Waals surface area contributed by atoms with Crippen molar-refractivity contribution in [3.8, 4) is 10.6 Å². The summed E-state index contributed by atoms with van der Waals surface area (Å²) in [7, 11) is -3.44. The van der Waals surface area contributed by atoms with E-state index in [2.05, 4.69) is 28.5 Å². The summed E-state index contributed by atoms with van der Waals surface area (Å²) in [5, 5.41) is 3.88. The second-order valence-electron chi connectivity index (χ2n) is 5.79. The monoisotopic (exact) mass is 381 g/mol. The summed E-state index contributed by atoms with van der Waals surface area (Å²) in [6.07, 6.45) is 2.51. The van der Waals surface area contributed by atoms with Gasteiger partial charge < -0.3 is 0 Å². The maximum Gasteiger partial charge on any atom is 0.229 e. The van der Waals surface area contributed by atoms with Gasteiger partial charge in [0.1, 0.15) is 5.01 Å². The molecule has 0 aliphatic carbocycles. The summed E-state index contributed by atoms with van der Waals surface area (Å²) >= 11 is 8.02. The zero-order chi connectivity index (χ0) is 17.5. The smallest absolute Gasteiger partial charge is 0.229 e. The van der Waals surface area contributed by atoms with Crippen LogP contribution >= 0.6 is 22.9 Å². The zero-order valence-electron chi connectivity index (χ0n) is 13.4. The Morgan fingerprint density at radius 2 is 2.04 bits per heavy atom. The molecule has 0 radical (unpaired) electrons. The Morgan fingerprint density at radius 1 is 1.29 bits per heavy atom. The van der Waals surface area contributed by atoms with Crippen LogP contribution in [0, 0.1) is 0 Å². The van der Waals surface area contributed by atoms with Crippen LogP contribution in [0.2, 0.25) is 5.02 Å². The molecule has 1 N–H and O–H groups in total. The van der Waals surface area contributed by atoms with E-state index in [4.69, 9.17) is 11.6 Å². The number of rotatable bonds is 4.